The number of rotatable bonds is 3. The molecule has 1 aromatic rings. The summed E-state index contributed by atoms with van der Waals surface area (Å²) in [5.74, 6) is -0.218. The highest BCUT2D eigenvalue weighted by molar-refractivity contribution is 6.00. The molecule has 2 unspecified atom stereocenters. The van der Waals surface area contributed by atoms with Crippen molar-refractivity contribution in [3.05, 3.63) is 33.9 Å². The summed E-state index contributed by atoms with van der Waals surface area (Å²) in [6.45, 7) is 4.77. The number of anilines is 1. The molecule has 1 aliphatic heterocycles. The van der Waals surface area contributed by atoms with Crippen molar-refractivity contribution in [3.63, 3.8) is 0 Å². The molecule has 1 saturated heterocycles. The smallest absolute Gasteiger partial charge is 0.270 e. The number of carbonyl (C=O) groups is 1. The number of nitro benzene ring substituents is 1. The lowest BCUT2D eigenvalue weighted by molar-refractivity contribution is -0.384. The summed E-state index contributed by atoms with van der Waals surface area (Å²) in [4.78, 5) is 24.7. The molecule has 1 aliphatic rings. The lowest BCUT2D eigenvalue weighted by Crippen LogP contribution is -2.48. The van der Waals surface area contributed by atoms with E-state index in [-0.39, 0.29) is 23.8 Å². The SMILES string of the molecule is CNc1ccc([N+](=O)[O-])cc1C(=O)N1CC(C)OC(C)C1. The number of ether oxygens (including phenoxy) is 1. The Morgan fingerprint density at radius 1 is 1.38 bits per heavy atom. The number of nitrogens with one attached hydrogen (secondary N) is 1. The zero-order chi connectivity index (χ0) is 15.6. The second kappa shape index (κ2) is 6.09. The van der Waals surface area contributed by atoms with Gasteiger partial charge < -0.3 is 15.0 Å². The zero-order valence-corrected chi connectivity index (χ0v) is 12.3. The summed E-state index contributed by atoms with van der Waals surface area (Å²) in [6, 6.07) is 4.25. The summed E-state index contributed by atoms with van der Waals surface area (Å²) in [5.41, 5.74) is 0.803. The first-order valence-electron chi connectivity index (χ1n) is 6.83. The van der Waals surface area contributed by atoms with E-state index in [1.165, 1.54) is 12.1 Å². The van der Waals surface area contributed by atoms with Crippen LogP contribution in [-0.4, -0.2) is 48.1 Å². The van der Waals surface area contributed by atoms with Gasteiger partial charge in [0.25, 0.3) is 11.6 Å². The van der Waals surface area contributed by atoms with E-state index in [0.29, 0.717) is 24.3 Å². The van der Waals surface area contributed by atoms with Crippen molar-refractivity contribution in [1.29, 1.82) is 0 Å². The fourth-order valence-corrected chi connectivity index (χ4v) is 2.55. The Hall–Kier alpha value is -2.15. The number of non-ortho nitro benzene ring substituents is 1. The van der Waals surface area contributed by atoms with Crippen molar-refractivity contribution in [3.8, 4) is 0 Å². The zero-order valence-electron chi connectivity index (χ0n) is 12.3. The van der Waals surface area contributed by atoms with Crippen molar-refractivity contribution in [2.24, 2.45) is 0 Å². The number of morpholine rings is 1. The third kappa shape index (κ3) is 3.30. The summed E-state index contributed by atoms with van der Waals surface area (Å²) >= 11 is 0. The molecular formula is C14H19N3O4. The van der Waals surface area contributed by atoms with Crippen molar-refractivity contribution in [2.75, 3.05) is 25.5 Å². The minimum atomic E-state index is -0.499. The van der Waals surface area contributed by atoms with Gasteiger partial charge >= 0.3 is 0 Å². The van der Waals surface area contributed by atoms with Gasteiger partial charge in [0.05, 0.1) is 22.7 Å². The van der Waals surface area contributed by atoms with Gasteiger partial charge in [-0.05, 0) is 19.9 Å². The van der Waals surface area contributed by atoms with E-state index in [2.05, 4.69) is 5.32 Å². The molecule has 7 heteroatoms. The lowest BCUT2D eigenvalue weighted by Gasteiger charge is -2.35. The number of amides is 1. The molecule has 1 amide bonds. The first-order chi connectivity index (χ1) is 9.92. The monoisotopic (exact) mass is 293 g/mol. The lowest BCUT2D eigenvalue weighted by atomic mass is 10.1. The van der Waals surface area contributed by atoms with E-state index in [1.54, 1.807) is 18.0 Å². The molecular weight excluding hydrogens is 274 g/mol. The van der Waals surface area contributed by atoms with Crippen LogP contribution in [0.1, 0.15) is 24.2 Å². The minimum absolute atomic E-state index is 0.0468. The van der Waals surface area contributed by atoms with Crippen LogP contribution in [-0.2, 0) is 4.74 Å². The maximum atomic E-state index is 12.7. The molecule has 0 aliphatic carbocycles. The van der Waals surface area contributed by atoms with Crippen LogP contribution in [0.4, 0.5) is 11.4 Å². The van der Waals surface area contributed by atoms with Crippen LogP contribution in [0.15, 0.2) is 18.2 Å². The standard InChI is InChI=1S/C14H19N3O4/c1-9-7-16(8-10(2)21-9)14(18)12-6-11(17(19)20)4-5-13(12)15-3/h4-6,9-10,15H,7-8H2,1-3H3. The van der Waals surface area contributed by atoms with Crippen LogP contribution in [0.3, 0.4) is 0 Å². The molecule has 0 aromatic heterocycles. The molecule has 1 aromatic carbocycles. The highest BCUT2D eigenvalue weighted by Gasteiger charge is 2.28. The molecule has 1 heterocycles. The van der Waals surface area contributed by atoms with Gasteiger partial charge in [0.15, 0.2) is 0 Å². The van der Waals surface area contributed by atoms with E-state index in [1.807, 2.05) is 13.8 Å². The van der Waals surface area contributed by atoms with Gasteiger partial charge in [0.2, 0.25) is 0 Å². The average molecular weight is 293 g/mol. The summed E-state index contributed by atoms with van der Waals surface area (Å²) < 4.78 is 5.60. The largest absolute Gasteiger partial charge is 0.387 e. The average Bonchev–Trinajstić information content (AvgIpc) is 2.44. The number of carbonyl (C=O) groups excluding carboxylic acids is 1. The second-order valence-corrected chi connectivity index (χ2v) is 5.20. The van der Waals surface area contributed by atoms with Crippen molar-refractivity contribution >= 4 is 17.3 Å². The van der Waals surface area contributed by atoms with Gasteiger partial charge in [-0.1, -0.05) is 0 Å². The molecule has 1 N–H and O–H groups in total. The number of nitrogens with zero attached hydrogens (tertiary/aromatic N) is 2. The van der Waals surface area contributed by atoms with Gasteiger partial charge in [-0.3, -0.25) is 14.9 Å². The Bertz CT molecular complexity index is 551. The van der Waals surface area contributed by atoms with Gasteiger partial charge in [-0.2, -0.15) is 0 Å². The van der Waals surface area contributed by atoms with Crippen molar-refractivity contribution in [1.82, 2.24) is 4.90 Å². The first-order valence-corrected chi connectivity index (χ1v) is 6.83. The highest BCUT2D eigenvalue weighted by atomic mass is 16.6. The highest BCUT2D eigenvalue weighted by Crippen LogP contribution is 2.24. The molecule has 0 bridgehead atoms. The van der Waals surface area contributed by atoms with E-state index in [4.69, 9.17) is 4.74 Å². The molecule has 0 saturated carbocycles. The van der Waals surface area contributed by atoms with E-state index >= 15 is 0 Å². The van der Waals surface area contributed by atoms with Gasteiger partial charge in [-0.15, -0.1) is 0 Å². The predicted molar refractivity (Wildman–Crippen MR) is 78.6 cm³/mol. The maximum Gasteiger partial charge on any atom is 0.270 e. The Labute approximate surface area is 123 Å². The van der Waals surface area contributed by atoms with E-state index in [0.717, 1.165) is 0 Å². The fourth-order valence-electron chi connectivity index (χ4n) is 2.55. The molecule has 21 heavy (non-hydrogen) atoms. The number of hydrogen-bond donors (Lipinski definition) is 1. The van der Waals surface area contributed by atoms with Crippen LogP contribution >= 0.6 is 0 Å². The third-order valence-electron chi connectivity index (χ3n) is 3.42. The molecule has 114 valence electrons. The maximum absolute atomic E-state index is 12.7. The number of benzene rings is 1. The topological polar surface area (TPSA) is 84.7 Å². The van der Waals surface area contributed by atoms with Crippen molar-refractivity contribution < 1.29 is 14.5 Å². The van der Waals surface area contributed by atoms with Gasteiger partial charge in [-0.25, -0.2) is 0 Å². The Kier molecular flexibility index (Phi) is 4.42. The number of nitro groups is 1. The first kappa shape index (κ1) is 15.2. The molecule has 7 nitrogen and oxygen atoms in total. The van der Waals surface area contributed by atoms with Crippen LogP contribution < -0.4 is 5.32 Å². The molecule has 1 fully saturated rings. The minimum Gasteiger partial charge on any atom is -0.387 e. The summed E-state index contributed by atoms with van der Waals surface area (Å²) in [7, 11) is 1.68. The van der Waals surface area contributed by atoms with Crippen LogP contribution in [0.5, 0.6) is 0 Å². The normalized spacial score (nSPS) is 22.0. The molecule has 2 rings (SSSR count). The van der Waals surface area contributed by atoms with Crippen LogP contribution in [0.25, 0.3) is 0 Å². The molecule has 0 spiro atoms. The quantitative estimate of drug-likeness (QED) is 0.679. The van der Waals surface area contributed by atoms with E-state index < -0.39 is 4.92 Å². The molecule has 0 radical (unpaired) electrons. The van der Waals surface area contributed by atoms with Crippen LogP contribution in [0.2, 0.25) is 0 Å². The summed E-state index contributed by atoms with van der Waals surface area (Å²) in [6.07, 6.45) is -0.0936. The van der Waals surface area contributed by atoms with Crippen LogP contribution in [0, 0.1) is 10.1 Å². The Morgan fingerprint density at radius 3 is 2.52 bits per heavy atom. The summed E-state index contributed by atoms with van der Waals surface area (Å²) in [5, 5.41) is 13.8. The van der Waals surface area contributed by atoms with Gasteiger partial charge in [0, 0.05) is 38.0 Å². The fraction of sp³-hybridized carbons (Fsp3) is 0.500. The molecule has 2 atom stereocenters. The third-order valence-corrected chi connectivity index (χ3v) is 3.42. The predicted octanol–water partition coefficient (Wildman–Crippen LogP) is 1.89. The second-order valence-electron chi connectivity index (χ2n) is 5.20. The van der Waals surface area contributed by atoms with Crippen molar-refractivity contribution in [2.45, 2.75) is 26.1 Å². The number of hydrogen-bond acceptors (Lipinski definition) is 5. The van der Waals surface area contributed by atoms with Gasteiger partial charge in [0.1, 0.15) is 0 Å². The Morgan fingerprint density at radius 2 is 2.00 bits per heavy atom. The van der Waals surface area contributed by atoms with E-state index in [9.17, 15) is 14.9 Å². The Balaban J connectivity index is 2.32.